The highest BCUT2D eigenvalue weighted by atomic mass is 16.4. The zero-order chi connectivity index (χ0) is 14.5. The molecule has 1 aromatic carbocycles. The first-order chi connectivity index (χ1) is 9.56. The van der Waals surface area contributed by atoms with E-state index in [1.807, 2.05) is 0 Å². The second-order valence-electron chi connectivity index (χ2n) is 4.90. The highest BCUT2D eigenvalue weighted by Crippen LogP contribution is 2.14. The minimum atomic E-state index is -0.947. The van der Waals surface area contributed by atoms with Gasteiger partial charge < -0.3 is 14.8 Å². The molecule has 2 N–H and O–H groups in total. The molecule has 20 heavy (non-hydrogen) atoms. The molecule has 0 spiro atoms. The summed E-state index contributed by atoms with van der Waals surface area (Å²) in [6.45, 7) is 5.11. The van der Waals surface area contributed by atoms with Crippen LogP contribution in [0.4, 0.5) is 0 Å². The standard InChI is InChI=1S/C16H19NO3/c1-11-4-3-5-13(8-11)6-7-17-10-14-9-15(16(18)19)12(2)20-14/h3-5,8-9,17H,6-7,10H2,1-2H3,(H,18,19). The van der Waals surface area contributed by atoms with Gasteiger partial charge in [-0.25, -0.2) is 4.79 Å². The molecule has 0 radical (unpaired) electrons. The predicted molar refractivity (Wildman–Crippen MR) is 77.0 cm³/mol. The number of hydrogen-bond acceptors (Lipinski definition) is 3. The van der Waals surface area contributed by atoms with Gasteiger partial charge in [0.1, 0.15) is 17.1 Å². The Morgan fingerprint density at radius 1 is 1.30 bits per heavy atom. The minimum Gasteiger partial charge on any atom is -0.478 e. The van der Waals surface area contributed by atoms with E-state index in [-0.39, 0.29) is 5.56 Å². The molecule has 0 saturated heterocycles. The highest BCUT2D eigenvalue weighted by Gasteiger charge is 2.12. The van der Waals surface area contributed by atoms with E-state index in [4.69, 9.17) is 9.52 Å². The first kappa shape index (κ1) is 14.3. The van der Waals surface area contributed by atoms with Crippen molar-refractivity contribution < 1.29 is 14.3 Å². The van der Waals surface area contributed by atoms with Gasteiger partial charge in [0.05, 0.1) is 6.54 Å². The molecule has 4 heteroatoms. The van der Waals surface area contributed by atoms with Gasteiger partial charge >= 0.3 is 5.97 Å². The summed E-state index contributed by atoms with van der Waals surface area (Å²) in [5.41, 5.74) is 2.79. The molecular weight excluding hydrogens is 254 g/mol. The maximum absolute atomic E-state index is 10.9. The minimum absolute atomic E-state index is 0.237. The van der Waals surface area contributed by atoms with E-state index in [0.717, 1.165) is 13.0 Å². The molecule has 0 atom stereocenters. The number of benzene rings is 1. The Bertz CT molecular complexity index is 602. The predicted octanol–water partition coefficient (Wildman–Crippen LogP) is 2.93. The van der Waals surface area contributed by atoms with E-state index in [1.165, 1.54) is 11.1 Å². The Morgan fingerprint density at radius 2 is 2.10 bits per heavy atom. The van der Waals surface area contributed by atoms with E-state index in [0.29, 0.717) is 18.1 Å². The van der Waals surface area contributed by atoms with Crippen LogP contribution in [0.3, 0.4) is 0 Å². The number of carboxylic acids is 1. The van der Waals surface area contributed by atoms with Gasteiger partial charge in [-0.05, 0) is 38.4 Å². The number of aromatic carboxylic acids is 1. The van der Waals surface area contributed by atoms with Crippen molar-refractivity contribution in [1.82, 2.24) is 5.32 Å². The summed E-state index contributed by atoms with van der Waals surface area (Å²) in [6.07, 6.45) is 0.938. The molecule has 0 aliphatic carbocycles. The summed E-state index contributed by atoms with van der Waals surface area (Å²) in [5, 5.41) is 12.2. The van der Waals surface area contributed by atoms with Crippen LogP contribution < -0.4 is 5.32 Å². The maximum atomic E-state index is 10.9. The lowest BCUT2D eigenvalue weighted by molar-refractivity contribution is 0.0695. The normalized spacial score (nSPS) is 10.7. The molecule has 2 rings (SSSR count). The van der Waals surface area contributed by atoms with Gasteiger partial charge in [-0.1, -0.05) is 29.8 Å². The monoisotopic (exact) mass is 273 g/mol. The summed E-state index contributed by atoms with van der Waals surface area (Å²) >= 11 is 0. The average Bonchev–Trinajstić information content (AvgIpc) is 2.76. The number of aryl methyl sites for hydroxylation is 2. The molecule has 0 amide bonds. The molecule has 106 valence electrons. The van der Waals surface area contributed by atoms with Gasteiger partial charge in [0.15, 0.2) is 0 Å². The molecular formula is C16H19NO3. The average molecular weight is 273 g/mol. The SMILES string of the molecule is Cc1cccc(CCNCc2cc(C(=O)O)c(C)o2)c1. The van der Waals surface area contributed by atoms with Gasteiger partial charge in [0.2, 0.25) is 0 Å². The lowest BCUT2D eigenvalue weighted by Crippen LogP contribution is -2.16. The fourth-order valence-corrected chi connectivity index (χ4v) is 2.16. The number of furan rings is 1. The van der Waals surface area contributed by atoms with E-state index in [9.17, 15) is 4.79 Å². The Kier molecular flexibility index (Phi) is 4.58. The van der Waals surface area contributed by atoms with E-state index in [2.05, 4.69) is 36.5 Å². The Morgan fingerprint density at radius 3 is 2.75 bits per heavy atom. The number of nitrogens with one attached hydrogen (secondary N) is 1. The van der Waals surface area contributed by atoms with E-state index >= 15 is 0 Å². The Hall–Kier alpha value is -2.07. The van der Waals surface area contributed by atoms with Crippen LogP contribution in [0, 0.1) is 13.8 Å². The zero-order valence-electron chi connectivity index (χ0n) is 11.8. The molecule has 1 aromatic heterocycles. The van der Waals surface area contributed by atoms with Gasteiger partial charge in [0.25, 0.3) is 0 Å². The van der Waals surface area contributed by atoms with Crippen molar-refractivity contribution in [2.45, 2.75) is 26.8 Å². The van der Waals surface area contributed by atoms with Crippen molar-refractivity contribution in [3.8, 4) is 0 Å². The van der Waals surface area contributed by atoms with Crippen LogP contribution in [0.2, 0.25) is 0 Å². The third-order valence-corrected chi connectivity index (χ3v) is 3.17. The maximum Gasteiger partial charge on any atom is 0.339 e. The van der Waals surface area contributed by atoms with Crippen LogP contribution in [0.15, 0.2) is 34.7 Å². The molecule has 0 saturated carbocycles. The van der Waals surface area contributed by atoms with Crippen molar-refractivity contribution in [2.75, 3.05) is 6.54 Å². The first-order valence-corrected chi connectivity index (χ1v) is 6.65. The second kappa shape index (κ2) is 6.39. The topological polar surface area (TPSA) is 62.5 Å². The molecule has 1 heterocycles. The Balaban J connectivity index is 1.81. The summed E-state index contributed by atoms with van der Waals surface area (Å²) in [6, 6.07) is 9.99. The van der Waals surface area contributed by atoms with Crippen molar-refractivity contribution in [2.24, 2.45) is 0 Å². The smallest absolute Gasteiger partial charge is 0.339 e. The fraction of sp³-hybridized carbons (Fsp3) is 0.312. The van der Waals surface area contributed by atoms with Crippen LogP contribution in [-0.4, -0.2) is 17.6 Å². The first-order valence-electron chi connectivity index (χ1n) is 6.65. The van der Waals surface area contributed by atoms with Crippen LogP contribution in [0.5, 0.6) is 0 Å². The van der Waals surface area contributed by atoms with Crippen molar-refractivity contribution >= 4 is 5.97 Å². The largest absolute Gasteiger partial charge is 0.478 e. The zero-order valence-corrected chi connectivity index (χ0v) is 11.8. The highest BCUT2D eigenvalue weighted by molar-refractivity contribution is 5.88. The number of carboxylic acid groups (broad SMARTS) is 1. The number of carbonyl (C=O) groups is 1. The lowest BCUT2D eigenvalue weighted by Gasteiger charge is -2.04. The second-order valence-corrected chi connectivity index (χ2v) is 4.90. The van der Waals surface area contributed by atoms with Crippen LogP contribution in [-0.2, 0) is 13.0 Å². The third kappa shape index (κ3) is 3.71. The third-order valence-electron chi connectivity index (χ3n) is 3.17. The lowest BCUT2D eigenvalue weighted by atomic mass is 10.1. The Labute approximate surface area is 118 Å². The van der Waals surface area contributed by atoms with Crippen molar-refractivity contribution in [3.05, 3.63) is 58.5 Å². The molecule has 2 aromatic rings. The van der Waals surface area contributed by atoms with Crippen molar-refractivity contribution in [3.63, 3.8) is 0 Å². The van der Waals surface area contributed by atoms with Crippen LogP contribution in [0.1, 0.15) is 33.0 Å². The molecule has 0 aliphatic heterocycles. The summed E-state index contributed by atoms with van der Waals surface area (Å²) in [5.74, 6) is 0.161. The summed E-state index contributed by atoms with van der Waals surface area (Å²) < 4.78 is 5.40. The molecule has 0 bridgehead atoms. The van der Waals surface area contributed by atoms with Gasteiger partial charge in [-0.2, -0.15) is 0 Å². The molecule has 0 fully saturated rings. The number of rotatable bonds is 6. The summed E-state index contributed by atoms with van der Waals surface area (Å²) in [7, 11) is 0. The van der Waals surface area contributed by atoms with Gasteiger partial charge in [-0.15, -0.1) is 0 Å². The molecule has 0 unspecified atom stereocenters. The molecule has 0 aliphatic rings. The number of hydrogen-bond donors (Lipinski definition) is 2. The van der Waals surface area contributed by atoms with Crippen LogP contribution in [0.25, 0.3) is 0 Å². The quantitative estimate of drug-likeness (QED) is 0.794. The fourth-order valence-electron chi connectivity index (χ4n) is 2.16. The van der Waals surface area contributed by atoms with Gasteiger partial charge in [0, 0.05) is 0 Å². The molecule has 4 nitrogen and oxygen atoms in total. The summed E-state index contributed by atoms with van der Waals surface area (Å²) in [4.78, 5) is 10.9. The van der Waals surface area contributed by atoms with E-state index in [1.54, 1.807) is 13.0 Å². The van der Waals surface area contributed by atoms with Gasteiger partial charge in [-0.3, -0.25) is 0 Å². The van der Waals surface area contributed by atoms with E-state index < -0.39 is 5.97 Å². The van der Waals surface area contributed by atoms with Crippen LogP contribution >= 0.6 is 0 Å². The van der Waals surface area contributed by atoms with Crippen molar-refractivity contribution in [1.29, 1.82) is 0 Å².